The van der Waals surface area contributed by atoms with Gasteiger partial charge in [0, 0.05) is 71.1 Å². The summed E-state index contributed by atoms with van der Waals surface area (Å²) in [6.07, 6.45) is 7.83. The maximum absolute atomic E-state index is 6.60. The van der Waals surface area contributed by atoms with Crippen LogP contribution in [-0.2, 0) is 13.1 Å². The standard InChI is InChI=1S/C24H22ClN5S2/c1-18(21-8-2-3-9-22(21)25)28(16-19-6-4-12-29(19)23-26-10-14-31-23)17-20-7-5-13-30(20)24-27-11-15-32-24/h2-15,18H,16-17H2,1H3/t18-/m0/s1. The highest BCUT2D eigenvalue weighted by Gasteiger charge is 2.22. The van der Waals surface area contributed by atoms with Gasteiger partial charge in [0.2, 0.25) is 0 Å². The molecule has 0 aliphatic heterocycles. The highest BCUT2D eigenvalue weighted by atomic mass is 35.5. The Kier molecular flexibility index (Phi) is 6.23. The first-order chi connectivity index (χ1) is 15.7. The predicted octanol–water partition coefficient (Wildman–Crippen LogP) is 6.60. The van der Waals surface area contributed by atoms with E-state index in [2.05, 4.69) is 73.7 Å². The number of rotatable bonds is 8. The number of benzene rings is 1. The van der Waals surface area contributed by atoms with Crippen LogP contribution in [0.3, 0.4) is 0 Å². The molecule has 0 aliphatic rings. The number of hydrogen-bond donors (Lipinski definition) is 0. The van der Waals surface area contributed by atoms with Gasteiger partial charge in [-0.15, -0.1) is 22.7 Å². The van der Waals surface area contributed by atoms with E-state index in [1.807, 2.05) is 41.4 Å². The Morgan fingerprint density at radius 2 is 1.41 bits per heavy atom. The average Bonchev–Trinajstić information content (AvgIpc) is 3.60. The molecule has 0 saturated carbocycles. The van der Waals surface area contributed by atoms with Gasteiger partial charge < -0.3 is 0 Å². The topological polar surface area (TPSA) is 38.9 Å². The Balaban J connectivity index is 1.50. The molecular formula is C24H22ClN5S2. The van der Waals surface area contributed by atoms with Crippen LogP contribution in [0.2, 0.25) is 5.02 Å². The zero-order chi connectivity index (χ0) is 21.9. The van der Waals surface area contributed by atoms with Crippen molar-refractivity contribution in [1.29, 1.82) is 0 Å². The summed E-state index contributed by atoms with van der Waals surface area (Å²) in [7, 11) is 0. The number of halogens is 1. The minimum absolute atomic E-state index is 0.114. The van der Waals surface area contributed by atoms with Crippen LogP contribution in [0.4, 0.5) is 0 Å². The second-order valence-electron chi connectivity index (χ2n) is 7.47. The van der Waals surface area contributed by atoms with Crippen LogP contribution in [0.15, 0.2) is 84.1 Å². The van der Waals surface area contributed by atoms with Crippen LogP contribution in [-0.4, -0.2) is 24.0 Å². The maximum atomic E-state index is 6.60. The Hall–Kier alpha value is -2.71. The van der Waals surface area contributed by atoms with Crippen molar-refractivity contribution in [2.75, 3.05) is 0 Å². The molecule has 0 fully saturated rings. The Labute approximate surface area is 200 Å². The molecule has 32 heavy (non-hydrogen) atoms. The molecule has 0 saturated heterocycles. The van der Waals surface area contributed by atoms with Gasteiger partial charge in [-0.25, -0.2) is 9.97 Å². The number of aromatic nitrogens is 4. The SMILES string of the molecule is C[C@@H](c1ccccc1Cl)N(Cc1cccn1-c1nccs1)Cc1cccn1-c1nccs1. The summed E-state index contributed by atoms with van der Waals surface area (Å²) < 4.78 is 4.33. The Bertz CT molecular complexity index is 1200. The van der Waals surface area contributed by atoms with Crippen LogP contribution >= 0.6 is 34.3 Å². The van der Waals surface area contributed by atoms with Gasteiger partial charge in [0.25, 0.3) is 0 Å². The highest BCUT2D eigenvalue weighted by molar-refractivity contribution is 7.12. The third kappa shape index (κ3) is 4.29. The summed E-state index contributed by atoms with van der Waals surface area (Å²) in [4.78, 5) is 11.4. The van der Waals surface area contributed by atoms with Crippen molar-refractivity contribution in [3.05, 3.63) is 106 Å². The molecule has 4 heterocycles. The smallest absolute Gasteiger partial charge is 0.193 e. The van der Waals surface area contributed by atoms with E-state index >= 15 is 0 Å². The lowest BCUT2D eigenvalue weighted by atomic mass is 10.1. The lowest BCUT2D eigenvalue weighted by Gasteiger charge is -2.30. The molecule has 1 atom stereocenters. The van der Waals surface area contributed by atoms with Gasteiger partial charge in [0.15, 0.2) is 10.3 Å². The monoisotopic (exact) mass is 479 g/mol. The average molecular weight is 480 g/mol. The molecule has 0 unspecified atom stereocenters. The second-order valence-corrected chi connectivity index (χ2v) is 9.62. The van der Waals surface area contributed by atoms with Crippen molar-refractivity contribution >= 4 is 34.3 Å². The normalized spacial score (nSPS) is 12.5. The minimum Gasteiger partial charge on any atom is -0.296 e. The van der Waals surface area contributed by atoms with E-state index in [0.717, 1.165) is 33.9 Å². The van der Waals surface area contributed by atoms with E-state index in [0.29, 0.717) is 0 Å². The third-order valence-corrected chi connectivity index (χ3v) is 7.44. The quantitative estimate of drug-likeness (QED) is 0.252. The van der Waals surface area contributed by atoms with E-state index < -0.39 is 0 Å². The summed E-state index contributed by atoms with van der Waals surface area (Å²) in [5, 5.41) is 6.74. The zero-order valence-corrected chi connectivity index (χ0v) is 19.9. The molecule has 8 heteroatoms. The molecule has 0 bridgehead atoms. The summed E-state index contributed by atoms with van der Waals surface area (Å²) in [5.74, 6) is 0. The maximum Gasteiger partial charge on any atom is 0.193 e. The number of thiazole rings is 2. The third-order valence-electron chi connectivity index (χ3n) is 5.55. The van der Waals surface area contributed by atoms with Crippen molar-refractivity contribution < 1.29 is 0 Å². The zero-order valence-electron chi connectivity index (χ0n) is 17.5. The van der Waals surface area contributed by atoms with Gasteiger partial charge in [-0.05, 0) is 42.8 Å². The van der Waals surface area contributed by atoms with Gasteiger partial charge in [-0.3, -0.25) is 14.0 Å². The molecule has 5 aromatic rings. The van der Waals surface area contributed by atoms with Crippen LogP contribution in [0.25, 0.3) is 10.3 Å². The first-order valence-corrected chi connectivity index (χ1v) is 12.4. The lowest BCUT2D eigenvalue weighted by molar-refractivity contribution is 0.185. The molecule has 0 N–H and O–H groups in total. The van der Waals surface area contributed by atoms with E-state index in [-0.39, 0.29) is 6.04 Å². The molecule has 5 nitrogen and oxygen atoms in total. The van der Waals surface area contributed by atoms with Crippen LogP contribution < -0.4 is 0 Å². The molecule has 0 spiro atoms. The van der Waals surface area contributed by atoms with E-state index in [1.54, 1.807) is 22.7 Å². The predicted molar refractivity (Wildman–Crippen MR) is 132 cm³/mol. The number of hydrogen-bond acceptors (Lipinski definition) is 5. The van der Waals surface area contributed by atoms with Crippen molar-refractivity contribution in [2.24, 2.45) is 0 Å². The van der Waals surface area contributed by atoms with Crippen molar-refractivity contribution in [3.8, 4) is 10.3 Å². The molecule has 5 rings (SSSR count). The van der Waals surface area contributed by atoms with Crippen molar-refractivity contribution in [1.82, 2.24) is 24.0 Å². The molecule has 0 aliphatic carbocycles. The lowest BCUT2D eigenvalue weighted by Crippen LogP contribution is -2.28. The highest BCUT2D eigenvalue weighted by Crippen LogP contribution is 2.31. The first kappa shape index (κ1) is 21.2. The van der Waals surface area contributed by atoms with E-state index in [1.165, 1.54) is 11.4 Å². The van der Waals surface area contributed by atoms with Crippen molar-refractivity contribution in [3.63, 3.8) is 0 Å². The molecular weight excluding hydrogens is 458 g/mol. The van der Waals surface area contributed by atoms with Gasteiger partial charge in [-0.2, -0.15) is 0 Å². The van der Waals surface area contributed by atoms with E-state index in [9.17, 15) is 0 Å². The fourth-order valence-electron chi connectivity index (χ4n) is 3.89. The van der Waals surface area contributed by atoms with Gasteiger partial charge in [0.05, 0.1) is 0 Å². The van der Waals surface area contributed by atoms with Gasteiger partial charge in [0.1, 0.15) is 0 Å². The Morgan fingerprint density at radius 3 is 1.91 bits per heavy atom. The van der Waals surface area contributed by atoms with Gasteiger partial charge >= 0.3 is 0 Å². The molecule has 4 aromatic heterocycles. The van der Waals surface area contributed by atoms with Crippen LogP contribution in [0.1, 0.15) is 29.9 Å². The summed E-state index contributed by atoms with van der Waals surface area (Å²) >= 11 is 9.87. The minimum atomic E-state index is 0.114. The second kappa shape index (κ2) is 9.42. The largest absolute Gasteiger partial charge is 0.296 e. The molecule has 162 valence electrons. The van der Waals surface area contributed by atoms with Crippen LogP contribution in [0.5, 0.6) is 0 Å². The first-order valence-electron chi connectivity index (χ1n) is 10.3. The summed E-state index contributed by atoms with van der Waals surface area (Å²) in [6, 6.07) is 16.7. The summed E-state index contributed by atoms with van der Waals surface area (Å²) in [5.41, 5.74) is 3.49. The molecule has 0 amide bonds. The molecule has 0 radical (unpaired) electrons. The Morgan fingerprint density at radius 1 is 0.844 bits per heavy atom. The van der Waals surface area contributed by atoms with Crippen molar-refractivity contribution in [2.45, 2.75) is 26.1 Å². The van der Waals surface area contributed by atoms with E-state index in [4.69, 9.17) is 11.6 Å². The fourth-order valence-corrected chi connectivity index (χ4v) is 5.50. The fraction of sp³-hybridized carbons (Fsp3) is 0.167. The van der Waals surface area contributed by atoms with Crippen LogP contribution in [0, 0.1) is 0 Å². The number of nitrogens with zero attached hydrogens (tertiary/aromatic N) is 5. The van der Waals surface area contributed by atoms with Gasteiger partial charge in [-0.1, -0.05) is 29.8 Å². The molecule has 1 aromatic carbocycles. The summed E-state index contributed by atoms with van der Waals surface area (Å²) in [6.45, 7) is 3.72.